The van der Waals surface area contributed by atoms with Crippen molar-refractivity contribution in [3.8, 4) is 5.75 Å². The van der Waals surface area contributed by atoms with E-state index >= 15 is 0 Å². The van der Waals surface area contributed by atoms with Gasteiger partial charge in [0.2, 0.25) is 0 Å². The number of ether oxygens (including phenoxy) is 1. The van der Waals surface area contributed by atoms with Crippen molar-refractivity contribution in [2.45, 2.75) is 12.6 Å². The standard InChI is InChI=1S/C20H17FN4O3/c1-28-13-8-6-12(7-9-13)16-10-25-11-17(22-18(25)20(27)24-16)19(26)23-15-5-3-2-4-14(15)21/h2-9,11,16H,10H2,1H3,(H,23,26)(H,24,27). The molecule has 28 heavy (non-hydrogen) atoms. The Morgan fingerprint density at radius 1 is 1.25 bits per heavy atom. The van der Waals surface area contributed by atoms with Crippen LogP contribution in [0, 0.1) is 5.82 Å². The minimum Gasteiger partial charge on any atom is -0.497 e. The molecule has 2 heterocycles. The van der Waals surface area contributed by atoms with Crippen LogP contribution >= 0.6 is 0 Å². The molecule has 4 rings (SSSR count). The van der Waals surface area contributed by atoms with Crippen molar-refractivity contribution < 1.29 is 18.7 Å². The Hall–Kier alpha value is -3.68. The Bertz CT molecular complexity index is 1050. The normalized spacial score (nSPS) is 15.5. The number of nitrogens with zero attached hydrogens (tertiary/aromatic N) is 2. The average Bonchev–Trinajstić information content (AvgIpc) is 3.15. The molecule has 0 spiro atoms. The predicted molar refractivity (Wildman–Crippen MR) is 99.8 cm³/mol. The number of amides is 2. The van der Waals surface area contributed by atoms with Gasteiger partial charge in [0.25, 0.3) is 11.8 Å². The maximum atomic E-state index is 13.7. The van der Waals surface area contributed by atoms with Crippen LogP contribution < -0.4 is 15.4 Å². The Morgan fingerprint density at radius 3 is 2.71 bits per heavy atom. The molecular weight excluding hydrogens is 363 g/mol. The molecule has 3 aromatic rings. The van der Waals surface area contributed by atoms with Gasteiger partial charge >= 0.3 is 0 Å². The lowest BCUT2D eigenvalue weighted by Gasteiger charge is -2.25. The molecule has 1 atom stereocenters. The van der Waals surface area contributed by atoms with Gasteiger partial charge in [-0.3, -0.25) is 9.59 Å². The summed E-state index contributed by atoms with van der Waals surface area (Å²) in [6.07, 6.45) is 1.50. The van der Waals surface area contributed by atoms with E-state index in [0.29, 0.717) is 6.54 Å². The molecule has 8 heteroatoms. The van der Waals surface area contributed by atoms with Crippen LogP contribution in [-0.2, 0) is 6.54 Å². The maximum Gasteiger partial charge on any atom is 0.287 e. The van der Waals surface area contributed by atoms with Crippen molar-refractivity contribution in [1.82, 2.24) is 14.9 Å². The number of imidazole rings is 1. The lowest BCUT2D eigenvalue weighted by Crippen LogP contribution is -2.38. The SMILES string of the molecule is COc1ccc(C2Cn3cc(C(=O)Nc4ccccc4F)nc3C(=O)N2)cc1. The van der Waals surface area contributed by atoms with Crippen LogP contribution in [-0.4, -0.2) is 28.5 Å². The second kappa shape index (κ2) is 7.15. The summed E-state index contributed by atoms with van der Waals surface area (Å²) in [5, 5.41) is 5.35. The van der Waals surface area contributed by atoms with Gasteiger partial charge in [-0.15, -0.1) is 0 Å². The lowest BCUT2D eigenvalue weighted by molar-refractivity contribution is 0.0894. The van der Waals surface area contributed by atoms with E-state index in [4.69, 9.17) is 4.74 Å². The second-order valence-electron chi connectivity index (χ2n) is 6.34. The Kier molecular flexibility index (Phi) is 4.52. The Labute approximate surface area is 160 Å². The van der Waals surface area contributed by atoms with Crippen LogP contribution in [0.25, 0.3) is 0 Å². The first-order valence-corrected chi connectivity index (χ1v) is 8.63. The number of nitrogens with one attached hydrogen (secondary N) is 2. The van der Waals surface area contributed by atoms with Crippen molar-refractivity contribution in [1.29, 1.82) is 0 Å². The summed E-state index contributed by atoms with van der Waals surface area (Å²) in [5.74, 6) is -0.639. The summed E-state index contributed by atoms with van der Waals surface area (Å²) < 4.78 is 20.5. The van der Waals surface area contributed by atoms with Crippen LogP contribution in [0.5, 0.6) is 5.75 Å². The van der Waals surface area contributed by atoms with E-state index in [1.807, 2.05) is 24.3 Å². The number of para-hydroxylation sites is 1. The molecular formula is C20H17FN4O3. The van der Waals surface area contributed by atoms with Crippen molar-refractivity contribution in [3.63, 3.8) is 0 Å². The van der Waals surface area contributed by atoms with E-state index in [0.717, 1.165) is 11.3 Å². The third kappa shape index (κ3) is 3.32. The number of benzene rings is 2. The number of aromatic nitrogens is 2. The van der Waals surface area contributed by atoms with Crippen LogP contribution in [0.2, 0.25) is 0 Å². The third-order valence-corrected chi connectivity index (χ3v) is 4.54. The smallest absolute Gasteiger partial charge is 0.287 e. The molecule has 1 unspecified atom stereocenters. The monoisotopic (exact) mass is 380 g/mol. The van der Waals surface area contributed by atoms with Gasteiger partial charge in [0.05, 0.1) is 18.8 Å². The molecule has 0 aliphatic carbocycles. The van der Waals surface area contributed by atoms with E-state index in [-0.39, 0.29) is 29.2 Å². The van der Waals surface area contributed by atoms with E-state index in [2.05, 4.69) is 15.6 Å². The summed E-state index contributed by atoms with van der Waals surface area (Å²) >= 11 is 0. The fourth-order valence-corrected chi connectivity index (χ4v) is 3.08. The molecule has 2 N–H and O–H groups in total. The summed E-state index contributed by atoms with van der Waals surface area (Å²) in [4.78, 5) is 29.0. The molecule has 142 valence electrons. The van der Waals surface area contributed by atoms with Gasteiger partial charge in [0.15, 0.2) is 5.82 Å². The van der Waals surface area contributed by atoms with Crippen molar-refractivity contribution in [2.75, 3.05) is 12.4 Å². The zero-order valence-electron chi connectivity index (χ0n) is 15.0. The predicted octanol–water partition coefficient (Wildman–Crippen LogP) is 2.77. The van der Waals surface area contributed by atoms with Gasteiger partial charge in [-0.05, 0) is 29.8 Å². The number of halogens is 1. The minimum absolute atomic E-state index is 0.0452. The summed E-state index contributed by atoms with van der Waals surface area (Å²) in [6.45, 7) is 0.424. The highest BCUT2D eigenvalue weighted by molar-refractivity contribution is 6.04. The van der Waals surface area contributed by atoms with Gasteiger partial charge in [0, 0.05) is 12.7 Å². The molecule has 0 fully saturated rings. The highest BCUT2D eigenvalue weighted by atomic mass is 19.1. The fraction of sp³-hybridized carbons (Fsp3) is 0.150. The molecule has 0 radical (unpaired) electrons. The molecule has 1 aromatic heterocycles. The molecule has 2 aromatic carbocycles. The van der Waals surface area contributed by atoms with Gasteiger partial charge in [-0.1, -0.05) is 24.3 Å². The van der Waals surface area contributed by atoms with E-state index in [9.17, 15) is 14.0 Å². The summed E-state index contributed by atoms with van der Waals surface area (Å²) in [7, 11) is 1.59. The van der Waals surface area contributed by atoms with Crippen molar-refractivity contribution in [2.24, 2.45) is 0 Å². The van der Waals surface area contributed by atoms with E-state index in [1.54, 1.807) is 17.7 Å². The van der Waals surface area contributed by atoms with Gasteiger partial charge < -0.3 is 19.9 Å². The highest BCUT2D eigenvalue weighted by Crippen LogP contribution is 2.24. The van der Waals surface area contributed by atoms with Crippen molar-refractivity contribution in [3.05, 3.63) is 77.6 Å². The van der Waals surface area contributed by atoms with Gasteiger partial charge in [0.1, 0.15) is 17.3 Å². The summed E-state index contributed by atoms with van der Waals surface area (Å²) in [6, 6.07) is 13.0. The number of hydrogen-bond acceptors (Lipinski definition) is 4. The molecule has 2 amide bonds. The zero-order valence-corrected chi connectivity index (χ0v) is 15.0. The minimum atomic E-state index is -0.583. The molecule has 1 aliphatic rings. The van der Waals surface area contributed by atoms with Crippen molar-refractivity contribution >= 4 is 17.5 Å². The average molecular weight is 380 g/mol. The first-order chi connectivity index (χ1) is 13.5. The molecule has 0 saturated carbocycles. The maximum absolute atomic E-state index is 13.7. The van der Waals surface area contributed by atoms with Crippen LogP contribution in [0.3, 0.4) is 0 Å². The van der Waals surface area contributed by atoms with Crippen LogP contribution in [0.1, 0.15) is 32.7 Å². The number of methoxy groups -OCH3 is 1. The number of rotatable bonds is 4. The molecule has 1 aliphatic heterocycles. The van der Waals surface area contributed by atoms with Gasteiger partial charge in [-0.25, -0.2) is 9.37 Å². The van der Waals surface area contributed by atoms with Gasteiger partial charge in [-0.2, -0.15) is 0 Å². The first kappa shape index (κ1) is 17.7. The van der Waals surface area contributed by atoms with Crippen LogP contribution in [0.15, 0.2) is 54.7 Å². The number of hydrogen-bond donors (Lipinski definition) is 2. The topological polar surface area (TPSA) is 85.2 Å². The highest BCUT2D eigenvalue weighted by Gasteiger charge is 2.28. The zero-order chi connectivity index (χ0) is 19.7. The largest absolute Gasteiger partial charge is 0.497 e. The summed E-state index contributed by atoms with van der Waals surface area (Å²) in [5.41, 5.74) is 1.01. The molecule has 0 saturated heterocycles. The first-order valence-electron chi connectivity index (χ1n) is 8.63. The Morgan fingerprint density at radius 2 is 2.00 bits per heavy atom. The lowest BCUT2D eigenvalue weighted by atomic mass is 10.1. The molecule has 7 nitrogen and oxygen atoms in total. The number of carbonyl (C=O) groups is 2. The third-order valence-electron chi connectivity index (χ3n) is 4.54. The molecule has 0 bridgehead atoms. The van der Waals surface area contributed by atoms with Crippen LogP contribution in [0.4, 0.5) is 10.1 Å². The number of fused-ring (bicyclic) bond motifs is 1. The second-order valence-corrected chi connectivity index (χ2v) is 6.34. The number of anilines is 1. The number of carbonyl (C=O) groups excluding carboxylic acids is 2. The Balaban J connectivity index is 1.55. The van der Waals surface area contributed by atoms with E-state index in [1.165, 1.54) is 24.4 Å². The fourth-order valence-electron chi connectivity index (χ4n) is 3.08. The quantitative estimate of drug-likeness (QED) is 0.729. The van der Waals surface area contributed by atoms with E-state index < -0.39 is 11.7 Å².